The minimum atomic E-state index is -0.0458. The van der Waals surface area contributed by atoms with Crippen LogP contribution in [-0.2, 0) is 17.6 Å². The first-order chi connectivity index (χ1) is 9.19. The number of hydrogen-bond donors (Lipinski definition) is 2. The van der Waals surface area contributed by atoms with Crippen molar-refractivity contribution in [2.45, 2.75) is 58.4 Å². The van der Waals surface area contributed by atoms with Crippen LogP contribution in [0.2, 0.25) is 0 Å². The molecule has 1 aromatic rings. The Balaban J connectivity index is 2.32. The summed E-state index contributed by atoms with van der Waals surface area (Å²) in [6.07, 6.45) is 3.95. The predicted octanol–water partition coefficient (Wildman–Crippen LogP) is 1.23. The average molecular weight is 269 g/mol. The quantitative estimate of drug-likeness (QED) is 0.704. The zero-order chi connectivity index (χ0) is 14.1. The summed E-state index contributed by atoms with van der Waals surface area (Å²) in [5, 5.41) is 15.6. The van der Waals surface area contributed by atoms with Gasteiger partial charge in [-0.3, -0.25) is 4.79 Å². The highest BCUT2D eigenvalue weighted by Gasteiger charge is 2.12. The number of aliphatic hydroxyl groups excluding tert-OH is 1. The lowest BCUT2D eigenvalue weighted by Crippen LogP contribution is -2.35. The molecule has 6 heteroatoms. The van der Waals surface area contributed by atoms with Gasteiger partial charge in [0.15, 0.2) is 5.82 Å². The van der Waals surface area contributed by atoms with Gasteiger partial charge in [0, 0.05) is 31.9 Å². The first-order valence-corrected chi connectivity index (χ1v) is 6.91. The predicted molar refractivity (Wildman–Crippen MR) is 70.5 cm³/mol. The van der Waals surface area contributed by atoms with Gasteiger partial charge >= 0.3 is 0 Å². The van der Waals surface area contributed by atoms with Crippen LogP contribution < -0.4 is 5.32 Å². The van der Waals surface area contributed by atoms with Crippen LogP contribution in [0.15, 0.2) is 4.52 Å². The minimum absolute atomic E-state index is 0.0378. The normalized spacial score (nSPS) is 12.4. The monoisotopic (exact) mass is 269 g/mol. The number of hydrogen-bond acceptors (Lipinski definition) is 5. The van der Waals surface area contributed by atoms with Crippen molar-refractivity contribution < 1.29 is 14.4 Å². The number of aryl methyl sites for hydroxylation is 2. The molecular weight excluding hydrogens is 246 g/mol. The van der Waals surface area contributed by atoms with E-state index in [4.69, 9.17) is 9.63 Å². The van der Waals surface area contributed by atoms with Crippen molar-refractivity contribution in [3.05, 3.63) is 11.7 Å². The van der Waals surface area contributed by atoms with E-state index in [1.807, 2.05) is 6.92 Å². The van der Waals surface area contributed by atoms with E-state index < -0.39 is 0 Å². The summed E-state index contributed by atoms with van der Waals surface area (Å²) in [6.45, 7) is 4.12. The number of carbonyl (C=O) groups excluding carboxylic acids is 1. The van der Waals surface area contributed by atoms with E-state index in [1.54, 1.807) is 0 Å². The first-order valence-electron chi connectivity index (χ1n) is 6.91. The second kappa shape index (κ2) is 8.63. The van der Waals surface area contributed by atoms with E-state index in [9.17, 15) is 4.79 Å². The van der Waals surface area contributed by atoms with Crippen molar-refractivity contribution in [3.63, 3.8) is 0 Å². The molecule has 0 aromatic carbocycles. The van der Waals surface area contributed by atoms with Crippen LogP contribution >= 0.6 is 0 Å². The molecule has 1 atom stereocenters. The second-order valence-electron chi connectivity index (χ2n) is 4.54. The molecule has 0 aliphatic carbocycles. The highest BCUT2D eigenvalue weighted by atomic mass is 16.5. The van der Waals surface area contributed by atoms with Crippen LogP contribution in [0.1, 0.15) is 51.2 Å². The molecule has 0 aliphatic rings. The molecule has 0 bridgehead atoms. The van der Waals surface area contributed by atoms with Crippen LogP contribution in [0.3, 0.4) is 0 Å². The van der Waals surface area contributed by atoms with Crippen LogP contribution in [0.4, 0.5) is 0 Å². The largest absolute Gasteiger partial charge is 0.396 e. The molecule has 1 heterocycles. The zero-order valence-electron chi connectivity index (χ0n) is 11.7. The summed E-state index contributed by atoms with van der Waals surface area (Å²) in [4.78, 5) is 15.9. The lowest BCUT2D eigenvalue weighted by Gasteiger charge is -2.15. The number of nitrogens with zero attached hydrogens (tertiary/aromatic N) is 2. The van der Waals surface area contributed by atoms with Gasteiger partial charge in [-0.25, -0.2) is 0 Å². The standard InChI is InChI=1S/C13H23N3O3/c1-3-5-11-15-13(19-16-11)7-6-12(18)14-10(4-2)8-9-17/h10,17H,3-9H2,1-2H3,(H,14,18). The molecule has 0 aliphatic heterocycles. The number of aromatic nitrogens is 2. The number of rotatable bonds is 9. The van der Waals surface area contributed by atoms with Crippen LogP contribution in [0.25, 0.3) is 0 Å². The van der Waals surface area contributed by atoms with E-state index in [0.29, 0.717) is 31.0 Å². The highest BCUT2D eigenvalue weighted by Crippen LogP contribution is 2.04. The Kier molecular flexibility index (Phi) is 7.10. The number of aliphatic hydroxyl groups is 1. The lowest BCUT2D eigenvalue weighted by molar-refractivity contribution is -0.122. The van der Waals surface area contributed by atoms with Gasteiger partial charge in [0.2, 0.25) is 11.8 Å². The third-order valence-corrected chi connectivity index (χ3v) is 2.89. The number of amides is 1. The van der Waals surface area contributed by atoms with Crippen molar-refractivity contribution >= 4 is 5.91 Å². The fourth-order valence-corrected chi connectivity index (χ4v) is 1.77. The van der Waals surface area contributed by atoms with Gasteiger partial charge in [-0.2, -0.15) is 4.98 Å². The Morgan fingerprint density at radius 1 is 1.42 bits per heavy atom. The molecule has 1 unspecified atom stereocenters. The third kappa shape index (κ3) is 5.83. The molecule has 0 saturated heterocycles. The van der Waals surface area contributed by atoms with Gasteiger partial charge in [-0.1, -0.05) is 19.0 Å². The molecule has 1 rings (SSSR count). The molecule has 19 heavy (non-hydrogen) atoms. The molecule has 2 N–H and O–H groups in total. The summed E-state index contributed by atoms with van der Waals surface area (Å²) < 4.78 is 5.07. The molecule has 0 spiro atoms. The van der Waals surface area contributed by atoms with Crippen LogP contribution in [0, 0.1) is 0 Å². The molecule has 0 radical (unpaired) electrons. The van der Waals surface area contributed by atoms with Gasteiger partial charge in [0.1, 0.15) is 0 Å². The van der Waals surface area contributed by atoms with Gasteiger partial charge in [0.25, 0.3) is 0 Å². The fraction of sp³-hybridized carbons (Fsp3) is 0.769. The van der Waals surface area contributed by atoms with Crippen molar-refractivity contribution in [2.75, 3.05) is 6.61 Å². The van der Waals surface area contributed by atoms with Gasteiger partial charge < -0.3 is 14.9 Å². The molecule has 108 valence electrons. The molecule has 1 amide bonds. The molecular formula is C13H23N3O3. The van der Waals surface area contributed by atoms with Gasteiger partial charge in [-0.05, 0) is 19.3 Å². The molecule has 0 saturated carbocycles. The van der Waals surface area contributed by atoms with Crippen LogP contribution in [-0.4, -0.2) is 33.8 Å². The summed E-state index contributed by atoms with van der Waals surface area (Å²) in [5.41, 5.74) is 0. The Bertz CT molecular complexity index is 379. The van der Waals surface area contributed by atoms with E-state index in [-0.39, 0.29) is 18.6 Å². The van der Waals surface area contributed by atoms with Crippen LogP contribution in [0.5, 0.6) is 0 Å². The average Bonchev–Trinajstić information content (AvgIpc) is 2.84. The van der Waals surface area contributed by atoms with Crippen molar-refractivity contribution in [3.8, 4) is 0 Å². The van der Waals surface area contributed by atoms with Crippen molar-refractivity contribution in [1.29, 1.82) is 0 Å². The Hall–Kier alpha value is -1.43. The Morgan fingerprint density at radius 2 is 2.21 bits per heavy atom. The third-order valence-electron chi connectivity index (χ3n) is 2.89. The highest BCUT2D eigenvalue weighted by molar-refractivity contribution is 5.76. The summed E-state index contributed by atoms with van der Waals surface area (Å²) in [7, 11) is 0. The lowest BCUT2D eigenvalue weighted by atomic mass is 10.1. The second-order valence-corrected chi connectivity index (χ2v) is 4.54. The van der Waals surface area contributed by atoms with Gasteiger partial charge in [-0.15, -0.1) is 0 Å². The summed E-state index contributed by atoms with van der Waals surface area (Å²) in [5.74, 6) is 1.16. The summed E-state index contributed by atoms with van der Waals surface area (Å²) >= 11 is 0. The fourth-order valence-electron chi connectivity index (χ4n) is 1.77. The Morgan fingerprint density at radius 3 is 2.84 bits per heavy atom. The minimum Gasteiger partial charge on any atom is -0.396 e. The van der Waals surface area contributed by atoms with E-state index >= 15 is 0 Å². The maximum atomic E-state index is 11.7. The smallest absolute Gasteiger partial charge is 0.227 e. The number of nitrogens with one attached hydrogen (secondary N) is 1. The number of carbonyl (C=O) groups is 1. The molecule has 6 nitrogen and oxygen atoms in total. The maximum absolute atomic E-state index is 11.7. The first kappa shape index (κ1) is 15.6. The van der Waals surface area contributed by atoms with Crippen molar-refractivity contribution in [1.82, 2.24) is 15.5 Å². The summed E-state index contributed by atoms with van der Waals surface area (Å²) in [6, 6.07) is 0.0378. The topological polar surface area (TPSA) is 88.2 Å². The molecule has 1 aromatic heterocycles. The van der Waals surface area contributed by atoms with E-state index in [2.05, 4.69) is 22.4 Å². The molecule has 0 fully saturated rings. The van der Waals surface area contributed by atoms with E-state index in [0.717, 1.165) is 19.3 Å². The Labute approximate surface area is 113 Å². The SMILES string of the molecule is CCCc1noc(CCC(=O)NC(CC)CCO)n1. The maximum Gasteiger partial charge on any atom is 0.227 e. The van der Waals surface area contributed by atoms with Gasteiger partial charge in [0.05, 0.1) is 0 Å². The van der Waals surface area contributed by atoms with Crippen molar-refractivity contribution in [2.24, 2.45) is 0 Å². The van der Waals surface area contributed by atoms with E-state index in [1.165, 1.54) is 0 Å². The zero-order valence-corrected chi connectivity index (χ0v) is 11.7.